The molecule has 7 nitrogen and oxygen atoms in total. The highest BCUT2D eigenvalue weighted by molar-refractivity contribution is 5.91. The summed E-state index contributed by atoms with van der Waals surface area (Å²) in [6, 6.07) is 3.23. The second-order valence-corrected chi connectivity index (χ2v) is 3.96. The van der Waals surface area contributed by atoms with Gasteiger partial charge in [0.05, 0.1) is 6.54 Å². The van der Waals surface area contributed by atoms with Crippen LogP contribution in [-0.2, 0) is 4.79 Å². The first-order chi connectivity index (χ1) is 8.52. The van der Waals surface area contributed by atoms with Crippen LogP contribution < -0.4 is 16.0 Å². The molecule has 0 bridgehead atoms. The van der Waals surface area contributed by atoms with E-state index in [1.54, 1.807) is 6.07 Å². The van der Waals surface area contributed by atoms with Crippen molar-refractivity contribution >= 4 is 17.6 Å². The Labute approximate surface area is 105 Å². The summed E-state index contributed by atoms with van der Waals surface area (Å²) < 4.78 is 0. The Morgan fingerprint density at radius 2 is 2.00 bits per heavy atom. The minimum absolute atomic E-state index is 0.0982. The molecular weight excluding hydrogens is 234 g/mol. The fourth-order valence-electron chi connectivity index (χ4n) is 1.22. The maximum atomic E-state index is 11.4. The molecule has 0 spiro atoms. The van der Waals surface area contributed by atoms with Crippen molar-refractivity contribution in [1.29, 1.82) is 0 Å². The van der Waals surface area contributed by atoms with Crippen LogP contribution in [0.4, 0.5) is 5.82 Å². The highest BCUT2D eigenvalue weighted by atomic mass is 16.2. The molecule has 1 aromatic heterocycles. The Morgan fingerprint density at radius 1 is 1.28 bits per heavy atom. The van der Waals surface area contributed by atoms with Crippen molar-refractivity contribution in [2.75, 3.05) is 18.9 Å². The second-order valence-electron chi connectivity index (χ2n) is 3.96. The van der Waals surface area contributed by atoms with E-state index in [0.717, 1.165) is 0 Å². The average molecular weight is 251 g/mol. The van der Waals surface area contributed by atoms with Gasteiger partial charge in [0.1, 0.15) is 5.82 Å². The number of rotatable bonds is 5. The van der Waals surface area contributed by atoms with E-state index in [2.05, 4.69) is 26.1 Å². The van der Waals surface area contributed by atoms with E-state index in [4.69, 9.17) is 0 Å². The molecule has 7 heteroatoms. The summed E-state index contributed by atoms with van der Waals surface area (Å²) in [5, 5.41) is 15.5. The molecule has 3 N–H and O–H groups in total. The number of anilines is 1. The van der Waals surface area contributed by atoms with Crippen LogP contribution in [-0.4, -0.2) is 41.6 Å². The number of hydrogen-bond acceptors (Lipinski definition) is 5. The van der Waals surface area contributed by atoms with Gasteiger partial charge in [-0.3, -0.25) is 9.59 Å². The molecule has 18 heavy (non-hydrogen) atoms. The minimum Gasteiger partial charge on any atom is -0.360 e. The van der Waals surface area contributed by atoms with Crippen molar-refractivity contribution in [3.8, 4) is 0 Å². The lowest BCUT2D eigenvalue weighted by atomic mass is 10.3. The summed E-state index contributed by atoms with van der Waals surface area (Å²) >= 11 is 0. The van der Waals surface area contributed by atoms with Gasteiger partial charge >= 0.3 is 0 Å². The molecule has 1 rings (SSSR count). The molecule has 0 unspecified atom stereocenters. The number of hydrogen-bond donors (Lipinski definition) is 3. The Balaban J connectivity index is 2.49. The summed E-state index contributed by atoms with van der Waals surface area (Å²) in [5.41, 5.74) is 0.231. The van der Waals surface area contributed by atoms with Gasteiger partial charge in [0.25, 0.3) is 5.91 Å². The lowest BCUT2D eigenvalue weighted by Crippen LogP contribution is -2.35. The van der Waals surface area contributed by atoms with Gasteiger partial charge in [0, 0.05) is 13.1 Å². The molecule has 0 atom stereocenters. The normalized spacial score (nSPS) is 10.0. The van der Waals surface area contributed by atoms with Crippen molar-refractivity contribution < 1.29 is 9.59 Å². The van der Waals surface area contributed by atoms with Crippen molar-refractivity contribution in [2.45, 2.75) is 19.9 Å². The molecule has 0 aliphatic carbocycles. The van der Waals surface area contributed by atoms with E-state index in [-0.39, 0.29) is 30.1 Å². The lowest BCUT2D eigenvalue weighted by Gasteiger charge is -2.09. The van der Waals surface area contributed by atoms with E-state index in [1.807, 2.05) is 13.8 Å². The molecule has 0 radical (unpaired) electrons. The summed E-state index contributed by atoms with van der Waals surface area (Å²) in [5.74, 6) is 0.0235. The van der Waals surface area contributed by atoms with Crippen LogP contribution in [0, 0.1) is 0 Å². The molecule has 98 valence electrons. The third kappa shape index (κ3) is 4.36. The monoisotopic (exact) mass is 251 g/mol. The molecule has 1 heterocycles. The number of carbonyl (C=O) groups is 2. The van der Waals surface area contributed by atoms with E-state index >= 15 is 0 Å². The minimum atomic E-state index is -0.299. The van der Waals surface area contributed by atoms with Gasteiger partial charge in [-0.05, 0) is 26.0 Å². The third-order valence-corrected chi connectivity index (χ3v) is 2.00. The van der Waals surface area contributed by atoms with Gasteiger partial charge in [-0.1, -0.05) is 0 Å². The van der Waals surface area contributed by atoms with Gasteiger partial charge in [0.15, 0.2) is 5.69 Å². The van der Waals surface area contributed by atoms with Crippen LogP contribution in [0.3, 0.4) is 0 Å². The lowest BCUT2D eigenvalue weighted by molar-refractivity contribution is -0.119. The first kappa shape index (κ1) is 13.9. The van der Waals surface area contributed by atoms with Gasteiger partial charge in [-0.2, -0.15) is 0 Å². The first-order valence-electron chi connectivity index (χ1n) is 5.62. The van der Waals surface area contributed by atoms with E-state index in [0.29, 0.717) is 5.82 Å². The number of aromatic nitrogens is 2. The highest BCUT2D eigenvalue weighted by Crippen LogP contribution is 2.01. The van der Waals surface area contributed by atoms with Crippen molar-refractivity contribution in [1.82, 2.24) is 20.8 Å². The number of amides is 2. The SMILES string of the molecule is CNC(=O)c1ccc(NCC(=O)NC(C)C)nn1. The van der Waals surface area contributed by atoms with Crippen LogP contribution in [0.5, 0.6) is 0 Å². The first-order valence-corrected chi connectivity index (χ1v) is 5.62. The number of nitrogens with zero attached hydrogens (tertiary/aromatic N) is 2. The molecule has 2 amide bonds. The Kier molecular flexibility index (Phi) is 5.04. The van der Waals surface area contributed by atoms with Crippen molar-refractivity contribution in [3.63, 3.8) is 0 Å². The van der Waals surface area contributed by atoms with Gasteiger partial charge in [-0.25, -0.2) is 0 Å². The zero-order chi connectivity index (χ0) is 13.5. The van der Waals surface area contributed by atoms with Crippen LogP contribution in [0.15, 0.2) is 12.1 Å². The largest absolute Gasteiger partial charge is 0.360 e. The summed E-state index contributed by atoms with van der Waals surface area (Å²) in [6.07, 6.45) is 0. The molecule has 1 aromatic rings. The van der Waals surface area contributed by atoms with Crippen LogP contribution in [0.25, 0.3) is 0 Å². The third-order valence-electron chi connectivity index (χ3n) is 2.00. The number of carbonyl (C=O) groups excluding carboxylic acids is 2. The smallest absolute Gasteiger partial charge is 0.271 e. The molecular formula is C11H17N5O2. The van der Waals surface area contributed by atoms with Crippen molar-refractivity contribution in [3.05, 3.63) is 17.8 Å². The Bertz CT molecular complexity index is 416. The molecule has 0 aromatic carbocycles. The maximum absolute atomic E-state index is 11.4. The fourth-order valence-corrected chi connectivity index (χ4v) is 1.22. The van der Waals surface area contributed by atoms with E-state index < -0.39 is 0 Å². The molecule has 0 fully saturated rings. The summed E-state index contributed by atoms with van der Waals surface area (Å²) in [7, 11) is 1.52. The molecule has 0 saturated carbocycles. The van der Waals surface area contributed by atoms with Gasteiger partial charge in [0.2, 0.25) is 5.91 Å². The Morgan fingerprint density at radius 3 is 2.50 bits per heavy atom. The second kappa shape index (κ2) is 6.53. The van der Waals surface area contributed by atoms with E-state index in [9.17, 15) is 9.59 Å². The quantitative estimate of drug-likeness (QED) is 0.672. The highest BCUT2D eigenvalue weighted by Gasteiger charge is 2.06. The Hall–Kier alpha value is -2.18. The zero-order valence-corrected chi connectivity index (χ0v) is 10.7. The van der Waals surface area contributed by atoms with Crippen molar-refractivity contribution in [2.24, 2.45) is 0 Å². The van der Waals surface area contributed by atoms with Gasteiger partial charge in [-0.15, -0.1) is 10.2 Å². The van der Waals surface area contributed by atoms with E-state index in [1.165, 1.54) is 13.1 Å². The average Bonchev–Trinajstić information content (AvgIpc) is 2.35. The predicted octanol–water partition coefficient (Wildman–Crippen LogP) is -0.227. The standard InChI is InChI=1S/C11H17N5O2/c1-7(2)14-10(17)6-13-9-5-4-8(15-16-9)11(18)12-3/h4-5,7H,6H2,1-3H3,(H,12,18)(H,13,16)(H,14,17). The van der Waals surface area contributed by atoms with Crippen LogP contribution in [0.2, 0.25) is 0 Å². The molecule has 0 aliphatic heterocycles. The topological polar surface area (TPSA) is 96.0 Å². The van der Waals surface area contributed by atoms with Crippen LogP contribution >= 0.6 is 0 Å². The maximum Gasteiger partial charge on any atom is 0.271 e. The molecule has 0 saturated heterocycles. The van der Waals surface area contributed by atoms with Gasteiger partial charge < -0.3 is 16.0 Å². The van der Waals surface area contributed by atoms with Crippen LogP contribution in [0.1, 0.15) is 24.3 Å². The summed E-state index contributed by atoms with van der Waals surface area (Å²) in [4.78, 5) is 22.6. The zero-order valence-electron chi connectivity index (χ0n) is 10.7. The predicted molar refractivity (Wildman–Crippen MR) is 67.2 cm³/mol. The molecule has 0 aliphatic rings. The fraction of sp³-hybridized carbons (Fsp3) is 0.455. The number of nitrogens with one attached hydrogen (secondary N) is 3. The summed E-state index contributed by atoms with van der Waals surface area (Å²) in [6.45, 7) is 3.89.